The fourth-order valence-electron chi connectivity index (χ4n) is 2.88. The van der Waals surface area contributed by atoms with E-state index in [4.69, 9.17) is 0 Å². The van der Waals surface area contributed by atoms with E-state index in [1.165, 1.54) is 5.56 Å². The minimum atomic E-state index is -0.245. The van der Waals surface area contributed by atoms with E-state index >= 15 is 0 Å². The summed E-state index contributed by atoms with van der Waals surface area (Å²) < 4.78 is 0. The predicted octanol–water partition coefficient (Wildman–Crippen LogP) is 4.96. The van der Waals surface area contributed by atoms with Crippen LogP contribution in [0.3, 0.4) is 0 Å². The van der Waals surface area contributed by atoms with Crippen LogP contribution in [0.25, 0.3) is 0 Å². The van der Waals surface area contributed by atoms with Gasteiger partial charge in [0.2, 0.25) is 5.95 Å². The molecular weight excluding hydrogens is 336 g/mol. The maximum atomic E-state index is 12.7. The Hall–Kier alpha value is -3.21. The van der Waals surface area contributed by atoms with Crippen LogP contribution in [0.2, 0.25) is 0 Å². The van der Waals surface area contributed by atoms with Crippen molar-refractivity contribution < 1.29 is 4.79 Å². The molecule has 0 aliphatic carbocycles. The van der Waals surface area contributed by atoms with Crippen molar-refractivity contribution in [3.05, 3.63) is 76.6 Å². The summed E-state index contributed by atoms with van der Waals surface area (Å²) in [5, 5.41) is 6.19. The molecule has 5 nitrogen and oxygen atoms in total. The van der Waals surface area contributed by atoms with E-state index in [9.17, 15) is 4.79 Å². The van der Waals surface area contributed by atoms with Gasteiger partial charge in [0.15, 0.2) is 0 Å². The van der Waals surface area contributed by atoms with Gasteiger partial charge in [-0.1, -0.05) is 37.3 Å². The van der Waals surface area contributed by atoms with E-state index in [0.29, 0.717) is 11.6 Å². The molecule has 0 saturated heterocycles. The second-order valence-electron chi connectivity index (χ2n) is 6.56. The van der Waals surface area contributed by atoms with Gasteiger partial charge in [0, 0.05) is 17.1 Å². The zero-order chi connectivity index (χ0) is 19.4. The molecule has 2 aromatic carbocycles. The Morgan fingerprint density at radius 3 is 2.48 bits per heavy atom. The van der Waals surface area contributed by atoms with Crippen molar-refractivity contribution in [1.82, 2.24) is 9.97 Å². The number of carbonyl (C=O) groups is 1. The van der Waals surface area contributed by atoms with Crippen LogP contribution in [0.5, 0.6) is 0 Å². The fourth-order valence-corrected chi connectivity index (χ4v) is 2.88. The van der Waals surface area contributed by atoms with Gasteiger partial charge in [-0.15, -0.1) is 0 Å². The van der Waals surface area contributed by atoms with Gasteiger partial charge < -0.3 is 10.6 Å². The number of hydrogen-bond acceptors (Lipinski definition) is 4. The second-order valence-corrected chi connectivity index (χ2v) is 6.56. The average Bonchev–Trinajstić information content (AvgIpc) is 2.65. The van der Waals surface area contributed by atoms with Crippen molar-refractivity contribution in [2.75, 3.05) is 10.6 Å². The lowest BCUT2D eigenvalue weighted by Crippen LogP contribution is -2.16. The number of benzene rings is 2. The Morgan fingerprint density at radius 1 is 0.963 bits per heavy atom. The maximum Gasteiger partial charge on any atom is 0.274 e. The highest BCUT2D eigenvalue weighted by molar-refractivity contribution is 6.03. The number of carbonyl (C=O) groups excluding carboxylic acids is 1. The lowest BCUT2D eigenvalue weighted by atomic mass is 10.1. The average molecular weight is 360 g/mol. The van der Waals surface area contributed by atoms with Crippen molar-refractivity contribution in [1.29, 1.82) is 0 Å². The molecule has 1 aromatic heterocycles. The molecule has 3 aromatic rings. The van der Waals surface area contributed by atoms with Gasteiger partial charge >= 0.3 is 0 Å². The van der Waals surface area contributed by atoms with Gasteiger partial charge in [0.1, 0.15) is 5.69 Å². The smallest absolute Gasteiger partial charge is 0.274 e. The van der Waals surface area contributed by atoms with E-state index in [-0.39, 0.29) is 5.91 Å². The summed E-state index contributed by atoms with van der Waals surface area (Å²) in [4.78, 5) is 21.6. The minimum Gasteiger partial charge on any atom is -0.324 e. The van der Waals surface area contributed by atoms with Crippen LogP contribution in [0.15, 0.2) is 48.5 Å². The highest BCUT2D eigenvalue weighted by Gasteiger charge is 2.13. The number of hydrogen-bond donors (Lipinski definition) is 2. The van der Waals surface area contributed by atoms with Crippen LogP contribution >= 0.6 is 0 Å². The van der Waals surface area contributed by atoms with Gasteiger partial charge in [-0.05, 0) is 62.1 Å². The Bertz CT molecular complexity index is 982. The second kappa shape index (κ2) is 7.99. The van der Waals surface area contributed by atoms with Crippen LogP contribution in [0.4, 0.5) is 17.3 Å². The number of rotatable bonds is 5. The molecule has 0 aliphatic rings. The van der Waals surface area contributed by atoms with E-state index in [1.54, 1.807) is 6.07 Å². The third-order valence-electron chi connectivity index (χ3n) is 4.58. The number of para-hydroxylation sites is 1. The summed E-state index contributed by atoms with van der Waals surface area (Å²) in [6.07, 6.45) is 0.846. The molecule has 0 aliphatic heterocycles. The number of nitrogens with zero attached hydrogens (tertiary/aromatic N) is 2. The first-order valence-corrected chi connectivity index (χ1v) is 9.06. The molecule has 138 valence electrons. The largest absolute Gasteiger partial charge is 0.324 e. The van der Waals surface area contributed by atoms with Gasteiger partial charge in [-0.2, -0.15) is 0 Å². The van der Waals surface area contributed by atoms with E-state index < -0.39 is 0 Å². The molecule has 0 saturated carbocycles. The molecule has 0 fully saturated rings. The molecule has 3 rings (SSSR count). The van der Waals surface area contributed by atoms with Gasteiger partial charge in [-0.25, -0.2) is 9.97 Å². The number of amides is 1. The van der Waals surface area contributed by atoms with Crippen LogP contribution in [-0.2, 0) is 6.42 Å². The molecule has 27 heavy (non-hydrogen) atoms. The number of aromatic nitrogens is 2. The predicted molar refractivity (Wildman–Crippen MR) is 110 cm³/mol. The van der Waals surface area contributed by atoms with Crippen molar-refractivity contribution in [2.24, 2.45) is 0 Å². The summed E-state index contributed by atoms with van der Waals surface area (Å²) in [6, 6.07) is 15.5. The van der Waals surface area contributed by atoms with Gasteiger partial charge in [0.25, 0.3) is 5.91 Å². The first kappa shape index (κ1) is 18.6. The molecule has 0 unspecified atom stereocenters. The number of anilines is 3. The lowest BCUT2D eigenvalue weighted by molar-refractivity contribution is 0.102. The Labute approximate surface area is 159 Å². The van der Waals surface area contributed by atoms with Gasteiger partial charge in [0.05, 0.1) is 0 Å². The van der Waals surface area contributed by atoms with E-state index in [1.807, 2.05) is 50.2 Å². The summed E-state index contributed by atoms with van der Waals surface area (Å²) in [5.41, 5.74) is 6.21. The highest BCUT2D eigenvalue weighted by atomic mass is 16.1. The Balaban J connectivity index is 1.86. The SMILES string of the molecule is CCc1ccccc1NC(=O)c1cc(C)nc(Nc2cccc(C)c2C)n1. The number of aryl methyl sites for hydroxylation is 3. The molecule has 1 heterocycles. The molecule has 0 atom stereocenters. The number of nitrogens with one attached hydrogen (secondary N) is 2. The van der Waals surface area contributed by atoms with Crippen molar-refractivity contribution in [2.45, 2.75) is 34.1 Å². The molecule has 5 heteroatoms. The first-order valence-electron chi connectivity index (χ1n) is 9.06. The van der Waals surface area contributed by atoms with E-state index in [0.717, 1.165) is 34.6 Å². The van der Waals surface area contributed by atoms with Crippen molar-refractivity contribution in [3.63, 3.8) is 0 Å². The molecular formula is C22H24N4O. The van der Waals surface area contributed by atoms with Crippen LogP contribution in [-0.4, -0.2) is 15.9 Å². The first-order chi connectivity index (χ1) is 13.0. The minimum absolute atomic E-state index is 0.245. The van der Waals surface area contributed by atoms with Crippen molar-refractivity contribution in [3.8, 4) is 0 Å². The third kappa shape index (κ3) is 4.31. The zero-order valence-electron chi connectivity index (χ0n) is 16.1. The normalized spacial score (nSPS) is 10.5. The molecule has 0 spiro atoms. The summed E-state index contributed by atoms with van der Waals surface area (Å²) in [6.45, 7) is 8.02. The van der Waals surface area contributed by atoms with Crippen LogP contribution < -0.4 is 10.6 Å². The topological polar surface area (TPSA) is 66.9 Å². The summed E-state index contributed by atoms with van der Waals surface area (Å²) >= 11 is 0. The summed E-state index contributed by atoms with van der Waals surface area (Å²) in [5.74, 6) is 0.169. The zero-order valence-corrected chi connectivity index (χ0v) is 16.1. The summed E-state index contributed by atoms with van der Waals surface area (Å²) in [7, 11) is 0. The van der Waals surface area contributed by atoms with Crippen LogP contribution in [0, 0.1) is 20.8 Å². The quantitative estimate of drug-likeness (QED) is 0.675. The maximum absolute atomic E-state index is 12.7. The molecule has 0 bridgehead atoms. The lowest BCUT2D eigenvalue weighted by Gasteiger charge is -2.13. The highest BCUT2D eigenvalue weighted by Crippen LogP contribution is 2.22. The molecule has 2 N–H and O–H groups in total. The third-order valence-corrected chi connectivity index (χ3v) is 4.58. The standard InChI is InChI=1S/C22H24N4O/c1-5-17-10-6-7-11-19(17)24-21(27)20-13-15(3)23-22(26-20)25-18-12-8-9-14(2)16(18)4/h6-13H,5H2,1-4H3,(H,24,27)(H,23,25,26). The van der Waals surface area contributed by atoms with E-state index in [2.05, 4.69) is 40.5 Å². The van der Waals surface area contributed by atoms with Crippen molar-refractivity contribution >= 4 is 23.2 Å². The van der Waals surface area contributed by atoms with Gasteiger partial charge in [-0.3, -0.25) is 4.79 Å². The Morgan fingerprint density at radius 2 is 1.70 bits per heavy atom. The monoisotopic (exact) mass is 360 g/mol. The Kier molecular flexibility index (Phi) is 5.50. The molecule has 0 radical (unpaired) electrons. The van der Waals surface area contributed by atoms with Crippen LogP contribution in [0.1, 0.15) is 39.8 Å². The molecule has 1 amide bonds. The fraction of sp³-hybridized carbons (Fsp3) is 0.227.